The van der Waals surface area contributed by atoms with Crippen molar-refractivity contribution in [1.82, 2.24) is 14.8 Å². The van der Waals surface area contributed by atoms with E-state index in [0.29, 0.717) is 11.9 Å². The van der Waals surface area contributed by atoms with E-state index in [-0.39, 0.29) is 23.5 Å². The van der Waals surface area contributed by atoms with Crippen molar-refractivity contribution in [1.29, 1.82) is 0 Å². The van der Waals surface area contributed by atoms with Gasteiger partial charge in [0.25, 0.3) is 0 Å². The molecule has 6 nitrogen and oxygen atoms in total. The number of sulfone groups is 1. The molecule has 0 aliphatic heterocycles. The first-order valence-electron chi connectivity index (χ1n) is 9.98. The molecule has 0 spiro atoms. The first-order chi connectivity index (χ1) is 13.4. The van der Waals surface area contributed by atoms with Crippen LogP contribution in [0.25, 0.3) is 10.2 Å². The maximum absolute atomic E-state index is 12.2. The Morgan fingerprint density at radius 2 is 2.00 bits per heavy atom. The van der Waals surface area contributed by atoms with Gasteiger partial charge in [-0.25, -0.2) is 18.4 Å². The number of aryl methyl sites for hydroxylation is 1. The average molecular weight is 419 g/mol. The van der Waals surface area contributed by atoms with Crippen LogP contribution in [-0.4, -0.2) is 61.9 Å². The Hall–Kier alpha value is -1.19. The first kappa shape index (κ1) is 20.1. The highest BCUT2D eigenvalue weighted by Gasteiger charge is 2.33. The molecule has 1 saturated carbocycles. The molecule has 2 radical (unpaired) electrons. The van der Waals surface area contributed by atoms with Crippen molar-refractivity contribution in [3.63, 3.8) is 0 Å². The molecule has 2 aromatic rings. The van der Waals surface area contributed by atoms with Crippen LogP contribution < -0.4 is 4.74 Å². The van der Waals surface area contributed by atoms with E-state index >= 15 is 0 Å². The summed E-state index contributed by atoms with van der Waals surface area (Å²) < 4.78 is 30.8. The van der Waals surface area contributed by atoms with Crippen molar-refractivity contribution in [2.24, 2.45) is 0 Å². The normalized spacial score (nSPS) is 25.3. The van der Waals surface area contributed by atoms with E-state index < -0.39 is 9.84 Å². The monoisotopic (exact) mass is 419 g/mol. The number of hydrogen-bond acceptors (Lipinski definition) is 7. The van der Waals surface area contributed by atoms with Crippen LogP contribution in [-0.2, 0) is 16.3 Å². The lowest BCUT2D eigenvalue weighted by atomic mass is 9.90. The van der Waals surface area contributed by atoms with Gasteiger partial charge in [-0.1, -0.05) is 6.92 Å². The van der Waals surface area contributed by atoms with Gasteiger partial charge in [-0.2, -0.15) is 0 Å². The van der Waals surface area contributed by atoms with Crippen LogP contribution in [0.1, 0.15) is 55.4 Å². The average Bonchev–Trinajstić information content (AvgIpc) is 3.22. The second-order valence-corrected chi connectivity index (χ2v) is 11.4. The molecule has 1 unspecified atom stereocenters. The van der Waals surface area contributed by atoms with Crippen molar-refractivity contribution >= 4 is 39.4 Å². The molecule has 28 heavy (non-hydrogen) atoms. The molecule has 0 N–H and O–H groups in total. The zero-order valence-electron chi connectivity index (χ0n) is 16.4. The highest BCUT2D eigenvalue weighted by molar-refractivity contribution is 7.91. The number of nitrogens with zero attached hydrogens (tertiary/aromatic N) is 3. The summed E-state index contributed by atoms with van der Waals surface area (Å²) in [5.74, 6) is 1.01. The Labute approximate surface area is 172 Å². The number of fused-ring (bicyclic) bond motifs is 3. The van der Waals surface area contributed by atoms with Gasteiger partial charge >= 0.3 is 0 Å². The molecular formula is C19H26BN3O3S2. The van der Waals surface area contributed by atoms with Crippen LogP contribution >= 0.6 is 11.3 Å². The second-order valence-electron chi connectivity index (χ2n) is 7.95. The fourth-order valence-electron chi connectivity index (χ4n) is 4.45. The minimum Gasteiger partial charge on any atom is -0.474 e. The van der Waals surface area contributed by atoms with E-state index in [0.717, 1.165) is 54.3 Å². The molecule has 0 saturated heterocycles. The van der Waals surface area contributed by atoms with E-state index in [4.69, 9.17) is 12.7 Å². The van der Waals surface area contributed by atoms with Crippen LogP contribution in [0.4, 0.5) is 0 Å². The Bertz CT molecular complexity index is 953. The van der Waals surface area contributed by atoms with Gasteiger partial charge in [0.1, 0.15) is 17.3 Å². The zero-order chi connectivity index (χ0) is 19.9. The minimum absolute atomic E-state index is 0.0173. The topological polar surface area (TPSA) is 72.4 Å². The summed E-state index contributed by atoms with van der Waals surface area (Å²) in [5, 5.41) is 0.939. The number of ether oxygens (including phenoxy) is 1. The summed E-state index contributed by atoms with van der Waals surface area (Å²) in [6, 6.07) is 0.402. The lowest BCUT2D eigenvalue weighted by Gasteiger charge is -2.33. The van der Waals surface area contributed by atoms with Crippen molar-refractivity contribution in [3.05, 3.63) is 16.8 Å². The van der Waals surface area contributed by atoms with Crippen LogP contribution in [0.15, 0.2) is 6.33 Å². The van der Waals surface area contributed by atoms with Crippen molar-refractivity contribution in [2.75, 3.05) is 18.6 Å². The summed E-state index contributed by atoms with van der Waals surface area (Å²) in [7, 11) is 4.76. The third-order valence-corrected chi connectivity index (χ3v) is 9.05. The smallest absolute Gasteiger partial charge is 0.225 e. The molecule has 0 bridgehead atoms. The Morgan fingerprint density at radius 3 is 2.68 bits per heavy atom. The molecule has 0 amide bonds. The van der Waals surface area contributed by atoms with Gasteiger partial charge in [0, 0.05) is 16.5 Å². The van der Waals surface area contributed by atoms with Crippen molar-refractivity contribution in [3.8, 4) is 5.88 Å². The van der Waals surface area contributed by atoms with E-state index in [9.17, 15) is 8.42 Å². The van der Waals surface area contributed by atoms with Gasteiger partial charge < -0.3 is 9.55 Å². The SMILES string of the molecule is [B]N(C)C1CCC(Oc2ncnc3sc4c(c23)C(CS(=O)(=O)CC)CC4)CC1. The summed E-state index contributed by atoms with van der Waals surface area (Å²) in [4.78, 5) is 12.8. The minimum atomic E-state index is -3.04. The molecule has 4 rings (SSSR count). The highest BCUT2D eigenvalue weighted by atomic mass is 32.2. The van der Waals surface area contributed by atoms with Gasteiger partial charge in [0.15, 0.2) is 17.8 Å². The van der Waals surface area contributed by atoms with Crippen LogP contribution in [0, 0.1) is 0 Å². The fourth-order valence-corrected chi connectivity index (χ4v) is 6.86. The maximum atomic E-state index is 12.2. The van der Waals surface area contributed by atoms with E-state index in [2.05, 4.69) is 9.97 Å². The zero-order valence-corrected chi connectivity index (χ0v) is 18.1. The fraction of sp³-hybridized carbons (Fsp3) is 0.684. The summed E-state index contributed by atoms with van der Waals surface area (Å²) in [5.41, 5.74) is 1.11. The third kappa shape index (κ3) is 3.93. The lowest BCUT2D eigenvalue weighted by molar-refractivity contribution is 0.123. The number of hydrogen-bond donors (Lipinski definition) is 0. The summed E-state index contributed by atoms with van der Waals surface area (Å²) in [6.07, 6.45) is 7.35. The summed E-state index contributed by atoms with van der Waals surface area (Å²) >= 11 is 1.66. The van der Waals surface area contributed by atoms with Crippen LogP contribution in [0.3, 0.4) is 0 Å². The molecule has 0 aromatic carbocycles. The quantitative estimate of drug-likeness (QED) is 0.671. The number of aromatic nitrogens is 2. The van der Waals surface area contributed by atoms with Crippen molar-refractivity contribution < 1.29 is 13.2 Å². The van der Waals surface area contributed by atoms with E-state index in [1.807, 2.05) is 7.05 Å². The number of rotatable bonds is 6. The van der Waals surface area contributed by atoms with Crippen LogP contribution in [0.2, 0.25) is 0 Å². The highest BCUT2D eigenvalue weighted by Crippen LogP contribution is 2.46. The standard InChI is InChI=1S/C19H26BN3O3S2/c1-3-28(24,25)10-12-4-9-15-16(12)17-18(21-11-22-19(17)27-15)26-14-7-5-13(6-8-14)23(2)20/h11-14H,3-10H2,1-2H3. The van der Waals surface area contributed by atoms with Crippen molar-refractivity contribution in [2.45, 2.75) is 63.5 Å². The van der Waals surface area contributed by atoms with Crippen LogP contribution in [0.5, 0.6) is 5.88 Å². The molecule has 2 heterocycles. The molecule has 2 aliphatic carbocycles. The Kier molecular flexibility index (Phi) is 5.68. The van der Waals surface area contributed by atoms with Gasteiger partial charge in [0.2, 0.25) is 5.88 Å². The largest absolute Gasteiger partial charge is 0.474 e. The second kappa shape index (κ2) is 7.92. The van der Waals surface area contributed by atoms with E-state index in [1.54, 1.807) is 29.4 Å². The lowest BCUT2D eigenvalue weighted by Crippen LogP contribution is -2.36. The molecule has 2 aromatic heterocycles. The number of thiophene rings is 1. The molecule has 1 fully saturated rings. The maximum Gasteiger partial charge on any atom is 0.225 e. The van der Waals surface area contributed by atoms with Gasteiger partial charge in [0.05, 0.1) is 11.1 Å². The molecule has 2 aliphatic rings. The molecule has 150 valence electrons. The third-order valence-electron chi connectivity index (χ3n) is 6.09. The van der Waals surface area contributed by atoms with Gasteiger partial charge in [-0.05, 0) is 57.2 Å². The van der Waals surface area contributed by atoms with E-state index in [1.165, 1.54) is 4.88 Å². The Morgan fingerprint density at radius 1 is 1.25 bits per heavy atom. The Balaban J connectivity index is 1.61. The van der Waals surface area contributed by atoms with Gasteiger partial charge in [-0.15, -0.1) is 11.3 Å². The summed E-state index contributed by atoms with van der Waals surface area (Å²) in [6.45, 7) is 1.71. The predicted octanol–water partition coefficient (Wildman–Crippen LogP) is 2.86. The molecule has 1 atom stereocenters. The predicted molar refractivity (Wildman–Crippen MR) is 113 cm³/mol. The van der Waals surface area contributed by atoms with Gasteiger partial charge in [-0.3, -0.25) is 0 Å². The molecular weight excluding hydrogens is 393 g/mol. The molecule has 9 heteroatoms. The first-order valence-corrected chi connectivity index (χ1v) is 12.6.